The summed E-state index contributed by atoms with van der Waals surface area (Å²) in [6.07, 6.45) is 0. The number of amides is 2. The number of nitrogens with zero attached hydrogens (tertiary/aromatic N) is 4. The number of nitrogen functional groups attached to an aromatic ring is 1. The van der Waals surface area contributed by atoms with Crippen LogP contribution in [0.4, 0.5) is 5.13 Å². The first kappa shape index (κ1) is 20.0. The van der Waals surface area contributed by atoms with Crippen molar-refractivity contribution in [1.82, 2.24) is 20.3 Å². The van der Waals surface area contributed by atoms with E-state index >= 15 is 0 Å². The zero-order chi connectivity index (χ0) is 21.4. The molecular weight excluding hydrogens is 432 g/mol. The number of carboxylic acids is 1. The average molecular weight is 448 g/mol. The van der Waals surface area contributed by atoms with E-state index in [2.05, 4.69) is 15.5 Å². The highest BCUT2D eigenvalue weighted by atomic mass is 32.1. The summed E-state index contributed by atoms with van der Waals surface area (Å²) in [6, 6.07) is 2.68. The van der Waals surface area contributed by atoms with Gasteiger partial charge in [0.05, 0.1) is 0 Å². The van der Waals surface area contributed by atoms with E-state index in [-0.39, 0.29) is 35.3 Å². The summed E-state index contributed by atoms with van der Waals surface area (Å²) in [6.45, 7) is 0.373. The molecule has 13 heteroatoms. The summed E-state index contributed by atoms with van der Waals surface area (Å²) < 4.78 is 0. The summed E-state index contributed by atoms with van der Waals surface area (Å²) >= 11 is 2.53. The normalized spacial score (nSPS) is 19.4. The van der Waals surface area contributed by atoms with Crippen LogP contribution in [-0.4, -0.2) is 69.8 Å². The van der Waals surface area contributed by atoms with Gasteiger partial charge in [0.1, 0.15) is 18.8 Å². The molecule has 2 aliphatic heterocycles. The van der Waals surface area contributed by atoms with Crippen molar-refractivity contribution in [1.29, 1.82) is 0 Å². The standard InChI is InChI=1S/C17H16N6O5S2/c1-28-21-12(10-7-30-17(18)20-10)14(24)19-9-6-22-5-8(11-3-2-4-29-11)13(16(26)27)23(22)15(9)25/h2-4,7,9H,5-6H2,1H3,(H2,18,20)(H,19,24)(H,26,27)/b21-12+/t9-/m0/s1. The molecule has 1 atom stereocenters. The van der Waals surface area contributed by atoms with Crippen LogP contribution in [0.15, 0.2) is 33.7 Å². The molecule has 0 aliphatic carbocycles. The van der Waals surface area contributed by atoms with Gasteiger partial charge < -0.3 is 21.0 Å². The fourth-order valence-corrected chi connectivity index (χ4v) is 4.63. The van der Waals surface area contributed by atoms with Gasteiger partial charge in [-0.2, -0.15) is 0 Å². The molecule has 4 N–H and O–H groups in total. The van der Waals surface area contributed by atoms with Crippen LogP contribution in [0.2, 0.25) is 0 Å². The number of nitrogens with one attached hydrogen (secondary N) is 1. The Hall–Kier alpha value is -3.29. The van der Waals surface area contributed by atoms with E-state index in [1.807, 2.05) is 17.5 Å². The minimum atomic E-state index is -1.21. The van der Waals surface area contributed by atoms with E-state index in [4.69, 9.17) is 10.6 Å². The maximum absolute atomic E-state index is 12.9. The van der Waals surface area contributed by atoms with E-state index in [9.17, 15) is 19.5 Å². The maximum atomic E-state index is 12.9. The van der Waals surface area contributed by atoms with E-state index in [0.29, 0.717) is 5.57 Å². The number of hydrogen-bond acceptors (Lipinski definition) is 10. The number of carbonyl (C=O) groups is 3. The molecule has 1 fully saturated rings. The molecule has 0 radical (unpaired) electrons. The molecule has 0 aromatic carbocycles. The van der Waals surface area contributed by atoms with E-state index in [0.717, 1.165) is 21.2 Å². The third-order valence-electron chi connectivity index (χ3n) is 4.51. The molecule has 0 spiro atoms. The second-order valence-electron chi connectivity index (χ2n) is 6.33. The van der Waals surface area contributed by atoms with Gasteiger partial charge in [0.15, 0.2) is 16.5 Å². The number of hydrogen-bond donors (Lipinski definition) is 3. The van der Waals surface area contributed by atoms with Crippen molar-refractivity contribution in [2.75, 3.05) is 25.9 Å². The summed E-state index contributed by atoms with van der Waals surface area (Å²) in [4.78, 5) is 47.1. The van der Waals surface area contributed by atoms with Crippen LogP contribution in [-0.2, 0) is 19.2 Å². The van der Waals surface area contributed by atoms with Crippen molar-refractivity contribution < 1.29 is 24.3 Å². The largest absolute Gasteiger partial charge is 0.477 e. The second-order valence-corrected chi connectivity index (χ2v) is 8.16. The van der Waals surface area contributed by atoms with Crippen LogP contribution in [0.3, 0.4) is 0 Å². The molecule has 1 saturated heterocycles. The van der Waals surface area contributed by atoms with Crippen molar-refractivity contribution in [2.24, 2.45) is 5.16 Å². The Kier molecular flexibility index (Phi) is 5.24. The SMILES string of the molecule is CO/N=C(/C(=O)N[C@H]1CN2CC(c3cccs3)=C(C(=O)O)N2C1=O)c1csc(N)n1. The van der Waals surface area contributed by atoms with Gasteiger partial charge in [0, 0.05) is 28.9 Å². The van der Waals surface area contributed by atoms with Gasteiger partial charge in [-0.3, -0.25) is 9.59 Å². The number of oxime groups is 1. The Morgan fingerprint density at radius 3 is 2.83 bits per heavy atom. The van der Waals surface area contributed by atoms with Gasteiger partial charge in [-0.25, -0.2) is 19.8 Å². The highest BCUT2D eigenvalue weighted by molar-refractivity contribution is 7.13. The number of carbonyl (C=O) groups excluding carboxylic acids is 2. The Bertz CT molecular complexity index is 1080. The molecule has 0 saturated carbocycles. The maximum Gasteiger partial charge on any atom is 0.354 e. The molecule has 2 aliphatic rings. The molecular formula is C17H16N6O5S2. The van der Waals surface area contributed by atoms with Crippen LogP contribution in [0.25, 0.3) is 5.57 Å². The van der Waals surface area contributed by atoms with Crippen LogP contribution in [0.5, 0.6) is 0 Å². The van der Waals surface area contributed by atoms with Gasteiger partial charge >= 0.3 is 5.97 Å². The summed E-state index contributed by atoms with van der Waals surface area (Å²) in [5.41, 5.74) is 6.16. The number of nitrogens with two attached hydrogens (primary N) is 1. The van der Waals surface area contributed by atoms with Crippen LogP contribution in [0, 0.1) is 0 Å². The first-order valence-electron chi connectivity index (χ1n) is 8.63. The number of anilines is 1. The second kappa shape index (κ2) is 7.85. The molecule has 2 aromatic rings. The lowest BCUT2D eigenvalue weighted by Gasteiger charge is -2.19. The van der Waals surface area contributed by atoms with E-state index < -0.39 is 23.8 Å². The molecule has 30 heavy (non-hydrogen) atoms. The molecule has 2 aromatic heterocycles. The summed E-state index contributed by atoms with van der Waals surface area (Å²) in [5.74, 6) is -2.43. The number of carboxylic acid groups (broad SMARTS) is 1. The zero-order valence-electron chi connectivity index (χ0n) is 15.6. The van der Waals surface area contributed by atoms with Gasteiger partial charge in [0.2, 0.25) is 0 Å². The smallest absolute Gasteiger partial charge is 0.354 e. The summed E-state index contributed by atoms with van der Waals surface area (Å²) in [5, 5.41) is 22.3. The molecule has 0 bridgehead atoms. The fraction of sp³-hybridized carbons (Fsp3) is 0.235. The van der Waals surface area contributed by atoms with Gasteiger partial charge in [0.25, 0.3) is 11.8 Å². The molecule has 11 nitrogen and oxygen atoms in total. The molecule has 4 heterocycles. The van der Waals surface area contributed by atoms with E-state index in [1.54, 1.807) is 10.4 Å². The third kappa shape index (κ3) is 3.42. The number of aliphatic carboxylic acids is 1. The molecule has 2 amide bonds. The lowest BCUT2D eigenvalue weighted by molar-refractivity contribution is -0.143. The Labute approximate surface area is 178 Å². The highest BCUT2D eigenvalue weighted by Gasteiger charge is 2.48. The lowest BCUT2D eigenvalue weighted by atomic mass is 10.1. The van der Waals surface area contributed by atoms with Crippen molar-refractivity contribution in [3.8, 4) is 0 Å². The third-order valence-corrected chi connectivity index (χ3v) is 6.11. The fourth-order valence-electron chi connectivity index (χ4n) is 3.32. The zero-order valence-corrected chi connectivity index (χ0v) is 17.2. The minimum Gasteiger partial charge on any atom is -0.477 e. The number of thiophene rings is 1. The van der Waals surface area contributed by atoms with Gasteiger partial charge in [-0.05, 0) is 11.4 Å². The van der Waals surface area contributed by atoms with Crippen molar-refractivity contribution in [3.63, 3.8) is 0 Å². The van der Waals surface area contributed by atoms with Crippen molar-refractivity contribution in [3.05, 3.63) is 39.2 Å². The Morgan fingerprint density at radius 2 is 2.23 bits per heavy atom. The first-order chi connectivity index (χ1) is 14.4. The Morgan fingerprint density at radius 1 is 1.43 bits per heavy atom. The van der Waals surface area contributed by atoms with Gasteiger partial charge in [-0.15, -0.1) is 22.7 Å². The number of fused-ring (bicyclic) bond motifs is 1. The topological polar surface area (TPSA) is 150 Å². The highest BCUT2D eigenvalue weighted by Crippen LogP contribution is 2.36. The van der Waals surface area contributed by atoms with Crippen molar-refractivity contribution >= 4 is 56.9 Å². The quantitative estimate of drug-likeness (QED) is 0.419. The number of hydrazine groups is 1. The van der Waals surface area contributed by atoms with E-state index in [1.165, 1.54) is 18.4 Å². The first-order valence-corrected chi connectivity index (χ1v) is 10.4. The van der Waals surface area contributed by atoms with Crippen molar-refractivity contribution in [2.45, 2.75) is 6.04 Å². The van der Waals surface area contributed by atoms with Crippen LogP contribution >= 0.6 is 22.7 Å². The predicted molar refractivity (Wildman–Crippen MR) is 109 cm³/mol. The molecule has 4 rings (SSSR count). The number of rotatable bonds is 6. The minimum absolute atomic E-state index is 0.0998. The van der Waals surface area contributed by atoms with Crippen LogP contribution in [0.1, 0.15) is 10.6 Å². The average Bonchev–Trinajstić information content (AvgIpc) is 3.46. The Balaban J connectivity index is 1.56. The molecule has 0 unspecified atom stereocenters. The summed E-state index contributed by atoms with van der Waals surface area (Å²) in [7, 11) is 1.28. The number of thiazole rings is 1. The van der Waals surface area contributed by atoms with Crippen LogP contribution < -0.4 is 11.1 Å². The number of aromatic nitrogens is 1. The lowest BCUT2D eigenvalue weighted by Crippen LogP contribution is -2.46. The monoisotopic (exact) mass is 448 g/mol. The predicted octanol–water partition coefficient (Wildman–Crippen LogP) is 0.191. The molecule has 156 valence electrons. The van der Waals surface area contributed by atoms with Gasteiger partial charge in [-0.1, -0.05) is 11.2 Å².